The van der Waals surface area contributed by atoms with Crippen LogP contribution in [0.15, 0.2) is 42.7 Å². The maximum atomic E-state index is 12.8. The third-order valence-corrected chi connectivity index (χ3v) is 4.25. The van der Waals surface area contributed by atoms with Gasteiger partial charge in [-0.15, -0.1) is 0 Å². The zero-order chi connectivity index (χ0) is 20.3. The van der Waals surface area contributed by atoms with Gasteiger partial charge >= 0.3 is 6.03 Å². The summed E-state index contributed by atoms with van der Waals surface area (Å²) in [5, 5.41) is 7.92. The summed E-state index contributed by atoms with van der Waals surface area (Å²) in [5.74, 6) is -0.572. The summed E-state index contributed by atoms with van der Waals surface area (Å²) < 4.78 is 1.61. The topological polar surface area (TPSA) is 131 Å². The predicted molar refractivity (Wildman–Crippen MR) is 104 cm³/mol. The molecule has 0 bridgehead atoms. The lowest BCUT2D eigenvalue weighted by Crippen LogP contribution is -2.28. The van der Waals surface area contributed by atoms with Gasteiger partial charge in [-0.25, -0.2) is 9.78 Å². The minimum Gasteiger partial charge on any atom is -0.355 e. The van der Waals surface area contributed by atoms with Gasteiger partial charge in [0.2, 0.25) is 0 Å². The maximum absolute atomic E-state index is 12.8. The molecule has 4 amide bonds. The molecule has 0 aliphatic rings. The first-order valence-electron chi connectivity index (χ1n) is 8.52. The highest BCUT2D eigenvalue weighted by atomic mass is 16.2. The molecule has 3 rings (SSSR count). The van der Waals surface area contributed by atoms with Crippen molar-refractivity contribution in [1.29, 1.82) is 0 Å². The van der Waals surface area contributed by atoms with Crippen LogP contribution in [0, 0.1) is 6.92 Å². The fourth-order valence-electron chi connectivity index (χ4n) is 2.72. The Kier molecular flexibility index (Phi) is 5.25. The lowest BCUT2D eigenvalue weighted by Gasteiger charge is -2.11. The van der Waals surface area contributed by atoms with Crippen LogP contribution in [0.4, 0.5) is 10.5 Å². The van der Waals surface area contributed by atoms with Crippen LogP contribution in [0.1, 0.15) is 32.0 Å². The highest BCUT2D eigenvalue weighted by Gasteiger charge is 2.15. The van der Waals surface area contributed by atoms with Crippen molar-refractivity contribution in [2.45, 2.75) is 13.5 Å². The molecule has 0 saturated heterocycles. The highest BCUT2D eigenvalue weighted by molar-refractivity contribution is 6.04. The molecule has 0 atom stereocenters. The normalized spacial score (nSPS) is 10.5. The molecule has 3 aromatic rings. The molecule has 144 valence electrons. The first-order valence-corrected chi connectivity index (χ1v) is 8.52. The lowest BCUT2D eigenvalue weighted by molar-refractivity contribution is 0.0962. The van der Waals surface area contributed by atoms with Gasteiger partial charge in [-0.1, -0.05) is 12.1 Å². The van der Waals surface area contributed by atoms with Crippen molar-refractivity contribution >= 4 is 29.2 Å². The van der Waals surface area contributed by atoms with E-state index in [9.17, 15) is 14.4 Å². The van der Waals surface area contributed by atoms with Crippen LogP contribution in [0.25, 0.3) is 5.65 Å². The number of imidazole rings is 1. The molecular formula is C19H20N6O3. The van der Waals surface area contributed by atoms with Crippen LogP contribution >= 0.6 is 0 Å². The Balaban J connectivity index is 1.84. The number of hydrogen-bond acceptors (Lipinski definition) is 4. The smallest absolute Gasteiger partial charge is 0.312 e. The van der Waals surface area contributed by atoms with E-state index in [0.717, 1.165) is 11.1 Å². The number of urea groups is 1. The van der Waals surface area contributed by atoms with Gasteiger partial charge in [0.15, 0.2) is 0 Å². The number of anilines is 1. The Bertz CT molecular complexity index is 1070. The molecule has 0 radical (unpaired) electrons. The average molecular weight is 380 g/mol. The van der Waals surface area contributed by atoms with Crippen LogP contribution < -0.4 is 21.7 Å². The third kappa shape index (κ3) is 3.93. The molecule has 0 saturated carbocycles. The number of nitrogens with one attached hydrogen (secondary N) is 3. The van der Waals surface area contributed by atoms with Crippen molar-refractivity contribution in [2.24, 2.45) is 5.73 Å². The maximum Gasteiger partial charge on any atom is 0.312 e. The van der Waals surface area contributed by atoms with Crippen molar-refractivity contribution in [2.75, 3.05) is 12.4 Å². The molecule has 2 heterocycles. The zero-order valence-electron chi connectivity index (χ0n) is 15.4. The SMILES string of the molecule is CNC(=O)c1ccn2c(C(=O)Nc3cc(CNC(N)=O)ccc3C)cnc2c1. The number of rotatable bonds is 5. The van der Waals surface area contributed by atoms with Crippen molar-refractivity contribution in [3.63, 3.8) is 0 Å². The largest absolute Gasteiger partial charge is 0.355 e. The van der Waals surface area contributed by atoms with E-state index in [1.165, 1.54) is 6.20 Å². The molecule has 0 spiro atoms. The van der Waals surface area contributed by atoms with E-state index in [2.05, 4.69) is 20.9 Å². The molecule has 5 N–H and O–H groups in total. The number of pyridine rings is 1. The minimum atomic E-state index is -0.618. The molecule has 9 nitrogen and oxygen atoms in total. The van der Waals surface area contributed by atoms with E-state index < -0.39 is 6.03 Å². The standard InChI is InChI=1S/C19H20N6O3/c1-11-3-4-12(9-23-19(20)28)7-14(11)24-18(27)15-10-22-16-8-13(17(26)21-2)5-6-25(15)16/h3-8,10H,9H2,1-2H3,(H,21,26)(H,24,27)(H3,20,23,28). The number of hydrogen-bond donors (Lipinski definition) is 4. The monoisotopic (exact) mass is 380 g/mol. The van der Waals surface area contributed by atoms with Gasteiger partial charge < -0.3 is 21.7 Å². The Morgan fingerprint density at radius 3 is 2.64 bits per heavy atom. The van der Waals surface area contributed by atoms with Crippen molar-refractivity contribution in [3.05, 3.63) is 65.1 Å². The molecule has 0 aliphatic carbocycles. The van der Waals surface area contributed by atoms with Gasteiger partial charge in [0.05, 0.1) is 6.20 Å². The molecule has 0 unspecified atom stereocenters. The third-order valence-electron chi connectivity index (χ3n) is 4.25. The van der Waals surface area contributed by atoms with E-state index in [-0.39, 0.29) is 18.4 Å². The van der Waals surface area contributed by atoms with Gasteiger partial charge in [0.1, 0.15) is 11.3 Å². The summed E-state index contributed by atoms with van der Waals surface area (Å²) >= 11 is 0. The lowest BCUT2D eigenvalue weighted by atomic mass is 10.1. The second-order valence-corrected chi connectivity index (χ2v) is 6.19. The Labute approximate surface area is 160 Å². The van der Waals surface area contributed by atoms with E-state index in [1.54, 1.807) is 35.8 Å². The number of carbonyl (C=O) groups is 3. The number of benzene rings is 1. The Hall–Kier alpha value is -3.88. The van der Waals surface area contributed by atoms with Crippen LogP contribution in [-0.4, -0.2) is 34.3 Å². The second-order valence-electron chi connectivity index (χ2n) is 6.19. The molecular weight excluding hydrogens is 360 g/mol. The minimum absolute atomic E-state index is 0.228. The highest BCUT2D eigenvalue weighted by Crippen LogP contribution is 2.19. The fraction of sp³-hybridized carbons (Fsp3) is 0.158. The molecule has 1 aromatic carbocycles. The summed E-state index contributed by atoms with van der Waals surface area (Å²) in [7, 11) is 1.55. The van der Waals surface area contributed by atoms with Crippen LogP contribution in [0.3, 0.4) is 0 Å². The Morgan fingerprint density at radius 2 is 1.93 bits per heavy atom. The Morgan fingerprint density at radius 1 is 1.14 bits per heavy atom. The average Bonchev–Trinajstić information content (AvgIpc) is 3.11. The first-order chi connectivity index (χ1) is 13.4. The summed E-state index contributed by atoms with van der Waals surface area (Å²) in [6, 6.07) is 8.07. The fourth-order valence-corrected chi connectivity index (χ4v) is 2.72. The number of nitrogens with zero attached hydrogens (tertiary/aromatic N) is 2. The molecule has 9 heteroatoms. The number of amides is 4. The molecule has 28 heavy (non-hydrogen) atoms. The molecule has 0 fully saturated rings. The van der Waals surface area contributed by atoms with E-state index in [0.29, 0.717) is 22.6 Å². The number of fused-ring (bicyclic) bond motifs is 1. The number of aryl methyl sites for hydroxylation is 1. The first kappa shape index (κ1) is 18.9. The summed E-state index contributed by atoms with van der Waals surface area (Å²) in [6.45, 7) is 2.13. The molecule has 2 aromatic heterocycles. The zero-order valence-corrected chi connectivity index (χ0v) is 15.4. The summed E-state index contributed by atoms with van der Waals surface area (Å²) in [6.07, 6.45) is 3.08. The summed E-state index contributed by atoms with van der Waals surface area (Å²) in [5.41, 5.74) is 8.65. The van der Waals surface area contributed by atoms with Crippen LogP contribution in [-0.2, 0) is 6.54 Å². The van der Waals surface area contributed by atoms with Crippen molar-refractivity contribution < 1.29 is 14.4 Å². The quantitative estimate of drug-likeness (QED) is 0.533. The van der Waals surface area contributed by atoms with Crippen molar-refractivity contribution in [1.82, 2.24) is 20.0 Å². The second kappa shape index (κ2) is 7.78. The number of aromatic nitrogens is 2. The predicted octanol–water partition coefficient (Wildman–Crippen LogP) is 1.42. The molecule has 0 aliphatic heterocycles. The van der Waals surface area contributed by atoms with Gasteiger partial charge in [-0.3, -0.25) is 14.0 Å². The van der Waals surface area contributed by atoms with Gasteiger partial charge in [-0.05, 0) is 36.2 Å². The van der Waals surface area contributed by atoms with Gasteiger partial charge in [0.25, 0.3) is 11.8 Å². The number of carbonyl (C=O) groups excluding carboxylic acids is 3. The number of nitrogens with two attached hydrogens (primary N) is 1. The van der Waals surface area contributed by atoms with Crippen LogP contribution in [0.5, 0.6) is 0 Å². The van der Waals surface area contributed by atoms with Crippen LogP contribution in [0.2, 0.25) is 0 Å². The summed E-state index contributed by atoms with van der Waals surface area (Å²) in [4.78, 5) is 39.6. The van der Waals surface area contributed by atoms with Gasteiger partial charge in [-0.2, -0.15) is 0 Å². The van der Waals surface area contributed by atoms with Crippen molar-refractivity contribution in [3.8, 4) is 0 Å². The van der Waals surface area contributed by atoms with Gasteiger partial charge in [0, 0.05) is 31.0 Å². The van der Waals surface area contributed by atoms with E-state index in [1.807, 2.05) is 19.1 Å². The number of primary amides is 1. The van der Waals surface area contributed by atoms with E-state index in [4.69, 9.17) is 5.73 Å². The van der Waals surface area contributed by atoms with E-state index >= 15 is 0 Å².